The maximum Gasteiger partial charge on any atom is 0.0899 e. The average molecular weight is 813 g/mol. The van der Waals surface area contributed by atoms with Crippen LogP contribution in [0.15, 0.2) is 287 Å². The van der Waals surface area contributed by atoms with E-state index in [0.717, 1.165) is 22.6 Å². The maximum absolute atomic E-state index is 2.64. The Morgan fingerprint density at radius 3 is 1.18 bits per heavy atom. The molecule has 1 aliphatic rings. The van der Waals surface area contributed by atoms with Gasteiger partial charge in [-0.3, -0.25) is 0 Å². The normalized spacial score (nSPS) is 13.2. The van der Waals surface area contributed by atoms with Crippen molar-refractivity contribution in [1.82, 2.24) is 4.57 Å². The molecule has 2 heterocycles. The highest BCUT2D eigenvalue weighted by atomic mass is 32.3. The van der Waals surface area contributed by atoms with Crippen LogP contribution in [0.4, 0.5) is 17.1 Å². The molecule has 0 bridgehead atoms. The van der Waals surface area contributed by atoms with E-state index >= 15 is 0 Å². The predicted octanol–water partition coefficient (Wildman–Crippen LogP) is 15.7. The number of fused-ring (bicyclic) bond motifs is 2. The third-order valence-corrected chi connectivity index (χ3v) is 16.3. The second-order valence-electron chi connectivity index (χ2n) is 15.6. The lowest BCUT2D eigenvalue weighted by Crippen LogP contribution is -2.39. The number of anilines is 3. The lowest BCUT2D eigenvalue weighted by Gasteiger charge is -2.48. The van der Waals surface area contributed by atoms with Crippen LogP contribution in [-0.4, -0.2) is 4.57 Å². The van der Waals surface area contributed by atoms with Gasteiger partial charge in [0.05, 0.1) is 33.1 Å². The number of rotatable bonds is 9. The Morgan fingerprint density at radius 2 is 0.710 bits per heavy atom. The minimum absolute atomic E-state index is 0.785. The van der Waals surface area contributed by atoms with Crippen LogP contribution < -0.4 is 4.90 Å². The predicted molar refractivity (Wildman–Crippen MR) is 258 cm³/mol. The quantitative estimate of drug-likeness (QED) is 0.141. The molecular weight excluding hydrogens is 769 g/mol. The highest BCUT2D eigenvalue weighted by molar-refractivity contribution is 8.34. The zero-order valence-corrected chi connectivity index (χ0v) is 35.0. The summed E-state index contributed by atoms with van der Waals surface area (Å²) >= 11 is 0. The zero-order chi connectivity index (χ0) is 41.4. The standard InChI is InChI=1S/C59H44N2S/c1-9-27-45(28-10-1)55-57(62(50-37-19-6-20-38-50,51-39-21-7-22-40-51)52-41-23-8-24-42-52)56-58(61(55)49-35-17-5-18-36-49)59(46-29-11-2-12-30-46,47-31-13-3-14-32-47)53-43-25-26-44-54(53)60(56)48-33-15-4-16-34-48/h1-44H. The number of para-hydroxylation sites is 3. The monoisotopic (exact) mass is 812 g/mol. The molecule has 296 valence electrons. The molecule has 3 heteroatoms. The lowest BCUT2D eigenvalue weighted by molar-refractivity contribution is 0.683. The number of aromatic nitrogens is 1. The minimum Gasteiger partial charge on any atom is -0.309 e. The molecule has 2 nitrogen and oxygen atoms in total. The Morgan fingerprint density at radius 1 is 0.339 bits per heavy atom. The Bertz CT molecular complexity index is 2950. The van der Waals surface area contributed by atoms with Gasteiger partial charge in [0.15, 0.2) is 0 Å². The molecule has 0 saturated heterocycles. The first kappa shape index (κ1) is 37.4. The highest BCUT2D eigenvalue weighted by Crippen LogP contribution is 2.79. The summed E-state index contributed by atoms with van der Waals surface area (Å²) in [5.41, 5.74) is 10.9. The van der Waals surface area contributed by atoms with Crippen molar-refractivity contribution in [2.24, 2.45) is 0 Å². The van der Waals surface area contributed by atoms with Gasteiger partial charge in [-0.15, -0.1) is 10.0 Å². The number of hydrogen-bond donors (Lipinski definition) is 0. The fraction of sp³-hybridized carbons (Fsp3) is 0.0169. The van der Waals surface area contributed by atoms with Gasteiger partial charge in [-0.25, -0.2) is 0 Å². The Hall–Kier alpha value is -7.59. The van der Waals surface area contributed by atoms with Crippen molar-refractivity contribution >= 4 is 27.1 Å². The molecule has 1 aliphatic heterocycles. The molecule has 62 heavy (non-hydrogen) atoms. The van der Waals surface area contributed by atoms with Crippen molar-refractivity contribution in [2.75, 3.05) is 4.90 Å². The van der Waals surface area contributed by atoms with Crippen LogP contribution in [0.25, 0.3) is 16.9 Å². The maximum atomic E-state index is 2.64. The molecule has 11 rings (SSSR count). The van der Waals surface area contributed by atoms with Gasteiger partial charge in [0.2, 0.25) is 0 Å². The summed E-state index contributed by atoms with van der Waals surface area (Å²) in [5.74, 6) is 0. The van der Waals surface area contributed by atoms with Gasteiger partial charge < -0.3 is 9.47 Å². The molecule has 0 fully saturated rings. The van der Waals surface area contributed by atoms with Gasteiger partial charge in [0.1, 0.15) is 0 Å². The fourth-order valence-corrected chi connectivity index (χ4v) is 14.1. The third-order valence-electron chi connectivity index (χ3n) is 12.3. The summed E-state index contributed by atoms with van der Waals surface area (Å²) in [6.07, 6.45) is 0. The minimum atomic E-state index is -2.34. The molecule has 0 spiro atoms. The number of hydrogen-bond acceptors (Lipinski definition) is 1. The summed E-state index contributed by atoms with van der Waals surface area (Å²) in [4.78, 5) is 7.66. The molecule has 0 atom stereocenters. The highest BCUT2D eigenvalue weighted by Gasteiger charge is 2.54. The second kappa shape index (κ2) is 15.8. The smallest absolute Gasteiger partial charge is 0.0899 e. The largest absolute Gasteiger partial charge is 0.309 e. The Balaban J connectivity index is 1.50. The Kier molecular flexibility index (Phi) is 9.52. The molecule has 0 radical (unpaired) electrons. The topological polar surface area (TPSA) is 8.17 Å². The van der Waals surface area contributed by atoms with E-state index in [1.165, 1.54) is 53.3 Å². The van der Waals surface area contributed by atoms with E-state index < -0.39 is 15.4 Å². The first-order valence-corrected chi connectivity index (χ1v) is 22.9. The lowest BCUT2D eigenvalue weighted by atomic mass is 9.64. The van der Waals surface area contributed by atoms with Crippen LogP contribution in [0.1, 0.15) is 22.4 Å². The van der Waals surface area contributed by atoms with Crippen LogP contribution in [0.2, 0.25) is 0 Å². The Labute approximate surface area is 366 Å². The molecule has 0 unspecified atom stereocenters. The second-order valence-corrected chi connectivity index (χ2v) is 18.7. The van der Waals surface area contributed by atoms with Crippen molar-refractivity contribution in [2.45, 2.75) is 25.0 Å². The van der Waals surface area contributed by atoms with Gasteiger partial charge in [-0.1, -0.05) is 200 Å². The third kappa shape index (κ3) is 5.74. The first-order valence-electron chi connectivity index (χ1n) is 21.3. The van der Waals surface area contributed by atoms with E-state index in [-0.39, 0.29) is 0 Å². The molecular formula is C59H44N2S. The molecule has 0 amide bonds. The van der Waals surface area contributed by atoms with Gasteiger partial charge in [0.25, 0.3) is 0 Å². The van der Waals surface area contributed by atoms with Gasteiger partial charge >= 0.3 is 0 Å². The number of nitrogens with zero attached hydrogens (tertiary/aromatic N) is 2. The van der Waals surface area contributed by atoms with Crippen molar-refractivity contribution < 1.29 is 0 Å². The molecule has 1 aromatic heterocycles. The van der Waals surface area contributed by atoms with E-state index in [4.69, 9.17) is 0 Å². The summed E-state index contributed by atoms with van der Waals surface area (Å²) in [6.45, 7) is 0. The van der Waals surface area contributed by atoms with E-state index in [2.05, 4.69) is 276 Å². The summed E-state index contributed by atoms with van der Waals surface area (Å²) in [7, 11) is -2.34. The molecule has 0 saturated carbocycles. The van der Waals surface area contributed by atoms with Crippen LogP contribution >= 0.6 is 10.0 Å². The van der Waals surface area contributed by atoms with Crippen molar-refractivity contribution in [1.29, 1.82) is 0 Å². The van der Waals surface area contributed by atoms with Crippen LogP contribution in [0, 0.1) is 0 Å². The van der Waals surface area contributed by atoms with E-state index in [9.17, 15) is 0 Å². The van der Waals surface area contributed by atoms with E-state index in [1.54, 1.807) is 0 Å². The summed E-state index contributed by atoms with van der Waals surface area (Å²) < 4.78 is 2.64. The fourth-order valence-electron chi connectivity index (χ4n) is 9.92. The SMILES string of the molecule is c1ccc(-c2c(S(c3ccccc3)(c3ccccc3)c3ccccc3)c3c(n2-c2ccccc2)C(c2ccccc2)(c2ccccc2)c2ccccc2N3c2ccccc2)cc1. The van der Waals surface area contributed by atoms with Crippen LogP contribution in [0.5, 0.6) is 0 Å². The molecule has 10 aromatic rings. The summed E-state index contributed by atoms with van der Waals surface area (Å²) in [5, 5.41) is 0. The van der Waals surface area contributed by atoms with Crippen molar-refractivity contribution in [3.8, 4) is 16.9 Å². The average Bonchev–Trinajstić information content (AvgIpc) is 3.72. The van der Waals surface area contributed by atoms with E-state index in [0.29, 0.717) is 0 Å². The van der Waals surface area contributed by atoms with Crippen LogP contribution in [0.3, 0.4) is 0 Å². The number of benzene rings is 9. The van der Waals surface area contributed by atoms with Gasteiger partial charge in [-0.05, 0) is 89.0 Å². The van der Waals surface area contributed by atoms with Gasteiger partial charge in [0, 0.05) is 26.1 Å². The molecule has 9 aromatic carbocycles. The summed E-state index contributed by atoms with van der Waals surface area (Å²) in [6, 6.07) is 98.7. The zero-order valence-electron chi connectivity index (χ0n) is 34.2. The van der Waals surface area contributed by atoms with Crippen LogP contribution in [-0.2, 0) is 5.41 Å². The van der Waals surface area contributed by atoms with Gasteiger partial charge in [-0.2, -0.15) is 0 Å². The van der Waals surface area contributed by atoms with E-state index in [1.807, 2.05) is 0 Å². The van der Waals surface area contributed by atoms with Crippen molar-refractivity contribution in [3.63, 3.8) is 0 Å². The first-order chi connectivity index (χ1) is 30.8. The van der Waals surface area contributed by atoms with Crippen molar-refractivity contribution in [3.05, 3.63) is 289 Å². The molecule has 0 N–H and O–H groups in total. The molecule has 0 aliphatic carbocycles.